The number of carbonyl (C=O) groups is 2. The van der Waals surface area contributed by atoms with Gasteiger partial charge in [0, 0.05) is 79.2 Å². The standard InChI is InChI=1S/C44H54N4O7/c1-6-41(52)22-27-19-32(36-30(13-17-47(23-27)25-41)29-11-8-9-12-34(29)45-36)31-21-33-35(20-28(31)24-49)46(4)38-43(33)15-18-48-16-10-14-42(7-2,37(43)48)39(55-26(3)50)44(38,53)40(51)54-5/h8-12,14,19-21,27,37-39,45,49,52-53H,6-7,13,15-18,22-25H2,1-5H3/b32-19-/t27?,37?,38?,39-,41+,42-,43?,44+/m1/s1. The summed E-state index contributed by atoms with van der Waals surface area (Å²) in [5.74, 6) is -1.35. The number of rotatable bonds is 6. The molecule has 9 rings (SSSR count). The molecule has 2 saturated heterocycles. The summed E-state index contributed by atoms with van der Waals surface area (Å²) in [5, 5.41) is 37.4. The Bertz CT molecular complexity index is 2140. The second-order valence-electron chi connectivity index (χ2n) is 17.2. The van der Waals surface area contributed by atoms with E-state index in [0.717, 1.165) is 70.6 Å². The zero-order valence-electron chi connectivity index (χ0n) is 32.6. The molecule has 6 heterocycles. The molecule has 55 heavy (non-hydrogen) atoms. The van der Waals surface area contributed by atoms with Crippen LogP contribution < -0.4 is 4.90 Å². The summed E-state index contributed by atoms with van der Waals surface area (Å²) in [4.78, 5) is 37.8. The van der Waals surface area contributed by atoms with E-state index >= 15 is 0 Å². The Balaban J connectivity index is 1.32. The average molecular weight is 751 g/mol. The molecule has 1 aromatic heterocycles. The monoisotopic (exact) mass is 750 g/mol. The number of hydrogen-bond donors (Lipinski definition) is 4. The van der Waals surface area contributed by atoms with Gasteiger partial charge in [-0.3, -0.25) is 14.6 Å². The van der Waals surface area contributed by atoms with E-state index < -0.39 is 46.1 Å². The normalized spacial score (nSPS) is 37.1. The van der Waals surface area contributed by atoms with E-state index in [4.69, 9.17) is 9.47 Å². The van der Waals surface area contributed by atoms with Crippen LogP contribution in [0.5, 0.6) is 0 Å². The molecule has 292 valence electrons. The maximum absolute atomic E-state index is 14.3. The lowest BCUT2D eigenvalue weighted by Crippen LogP contribution is -2.81. The van der Waals surface area contributed by atoms with Gasteiger partial charge in [-0.15, -0.1) is 0 Å². The molecule has 1 spiro atoms. The number of nitrogens with zero attached hydrogens (tertiary/aromatic N) is 3. The van der Waals surface area contributed by atoms with Gasteiger partial charge in [-0.1, -0.05) is 50.3 Å². The zero-order valence-corrected chi connectivity index (χ0v) is 32.6. The predicted molar refractivity (Wildman–Crippen MR) is 209 cm³/mol. The second-order valence-corrected chi connectivity index (χ2v) is 17.2. The van der Waals surface area contributed by atoms with Crippen molar-refractivity contribution in [2.75, 3.05) is 51.8 Å². The predicted octanol–water partition coefficient (Wildman–Crippen LogP) is 4.06. The molecule has 4 N–H and O–H groups in total. The average Bonchev–Trinajstić information content (AvgIpc) is 3.84. The van der Waals surface area contributed by atoms with Crippen LogP contribution in [-0.2, 0) is 37.5 Å². The topological polar surface area (TPSA) is 139 Å². The van der Waals surface area contributed by atoms with Crippen LogP contribution in [0.15, 0.2) is 54.6 Å². The number of H-pyrrole nitrogens is 1. The molecule has 2 aromatic carbocycles. The van der Waals surface area contributed by atoms with Crippen molar-refractivity contribution in [1.82, 2.24) is 14.8 Å². The first kappa shape index (κ1) is 36.6. The summed E-state index contributed by atoms with van der Waals surface area (Å²) in [5.41, 5.74) is 3.01. The Morgan fingerprint density at radius 2 is 1.87 bits per heavy atom. The van der Waals surface area contributed by atoms with Crippen LogP contribution in [0.3, 0.4) is 0 Å². The molecular weight excluding hydrogens is 697 g/mol. The number of carbonyl (C=O) groups excluding carboxylic acids is 2. The fourth-order valence-corrected chi connectivity index (χ4v) is 12.5. The number of piperidine rings is 1. The summed E-state index contributed by atoms with van der Waals surface area (Å²) in [6, 6.07) is 11.6. The number of aromatic nitrogens is 1. The Labute approximate surface area is 322 Å². The SMILES string of the molecule is CC[C@]1(O)CC2/C=C(/c3cc4c(cc3CO)N(C)C3C45CCN4CC=C[C@](CC)(C45)[C@@H](OC(C)=O)[C@]3(O)C(=O)OC)c3[nH]c4ccccc4c3CCN(C2)C1. The van der Waals surface area contributed by atoms with Gasteiger partial charge >= 0.3 is 11.9 Å². The van der Waals surface area contributed by atoms with Gasteiger partial charge < -0.3 is 34.7 Å². The van der Waals surface area contributed by atoms with Crippen LogP contribution in [0.1, 0.15) is 74.4 Å². The Morgan fingerprint density at radius 1 is 1.07 bits per heavy atom. The third kappa shape index (κ3) is 4.92. The van der Waals surface area contributed by atoms with Crippen molar-refractivity contribution in [2.45, 2.75) is 94.3 Å². The van der Waals surface area contributed by atoms with Crippen LogP contribution in [0.2, 0.25) is 0 Å². The molecule has 1 saturated carbocycles. The molecule has 9 atom stereocenters. The zero-order chi connectivity index (χ0) is 38.7. The van der Waals surface area contributed by atoms with Gasteiger partial charge in [-0.2, -0.15) is 0 Å². The number of benzene rings is 2. The molecule has 1 aliphatic carbocycles. The molecule has 3 aromatic rings. The Morgan fingerprint density at radius 3 is 2.60 bits per heavy atom. The first-order valence-electron chi connectivity index (χ1n) is 20.1. The minimum atomic E-state index is -2.23. The number of ether oxygens (including phenoxy) is 2. The molecule has 3 fully saturated rings. The lowest BCUT2D eigenvalue weighted by molar-refractivity contribution is -0.228. The van der Waals surface area contributed by atoms with Crippen molar-refractivity contribution < 1.29 is 34.4 Å². The lowest BCUT2D eigenvalue weighted by atomic mass is 9.47. The third-order valence-corrected chi connectivity index (χ3v) is 14.6. The lowest BCUT2D eigenvalue weighted by Gasteiger charge is -2.63. The number of anilines is 1. The van der Waals surface area contributed by atoms with E-state index in [9.17, 15) is 24.9 Å². The maximum atomic E-state index is 14.3. The van der Waals surface area contributed by atoms with Gasteiger partial charge in [-0.05, 0) is 85.0 Å². The largest absolute Gasteiger partial charge is 0.467 e. The minimum Gasteiger partial charge on any atom is -0.467 e. The number of methoxy groups -OCH3 is 1. The van der Waals surface area contributed by atoms with E-state index in [-0.39, 0.29) is 18.6 Å². The molecule has 5 unspecified atom stereocenters. The number of nitrogens with one attached hydrogen (secondary N) is 1. The summed E-state index contributed by atoms with van der Waals surface area (Å²) >= 11 is 0. The van der Waals surface area contributed by atoms with Gasteiger partial charge in [-0.25, -0.2) is 4.79 Å². The van der Waals surface area contributed by atoms with Gasteiger partial charge in [0.2, 0.25) is 5.60 Å². The first-order chi connectivity index (χ1) is 26.4. The number of aliphatic hydroxyl groups excluding tert-OH is 1. The van der Waals surface area contributed by atoms with Gasteiger partial charge in [0.15, 0.2) is 6.10 Å². The molecule has 11 heteroatoms. The minimum absolute atomic E-state index is 0.0567. The van der Waals surface area contributed by atoms with Crippen molar-refractivity contribution in [3.8, 4) is 0 Å². The summed E-state index contributed by atoms with van der Waals surface area (Å²) in [7, 11) is 3.17. The molecule has 2 bridgehead atoms. The third-order valence-electron chi connectivity index (χ3n) is 14.6. The van der Waals surface area contributed by atoms with Crippen molar-refractivity contribution in [2.24, 2.45) is 11.3 Å². The fourth-order valence-electron chi connectivity index (χ4n) is 12.5. The molecule has 5 aliphatic heterocycles. The van der Waals surface area contributed by atoms with E-state index in [2.05, 4.69) is 64.2 Å². The number of likely N-dealkylation sites (N-methyl/N-ethyl adjacent to an activating group) is 1. The first-order valence-corrected chi connectivity index (χ1v) is 20.1. The molecule has 0 amide bonds. The molecule has 0 radical (unpaired) electrons. The highest BCUT2D eigenvalue weighted by atomic mass is 16.6. The van der Waals surface area contributed by atoms with Crippen LogP contribution in [0.4, 0.5) is 5.69 Å². The number of hydrogen-bond acceptors (Lipinski definition) is 10. The van der Waals surface area contributed by atoms with Gasteiger partial charge in [0.05, 0.1) is 31.1 Å². The van der Waals surface area contributed by atoms with Crippen LogP contribution >= 0.6 is 0 Å². The molecule has 11 nitrogen and oxygen atoms in total. The number of aromatic amines is 1. The quantitative estimate of drug-likeness (QED) is 0.216. The summed E-state index contributed by atoms with van der Waals surface area (Å²) < 4.78 is 11.6. The second kappa shape index (κ2) is 12.8. The highest BCUT2D eigenvalue weighted by Crippen LogP contribution is 2.67. The van der Waals surface area contributed by atoms with Crippen molar-refractivity contribution in [3.63, 3.8) is 0 Å². The number of fused-ring (bicyclic) bond motifs is 6. The smallest absolute Gasteiger partial charge is 0.344 e. The van der Waals surface area contributed by atoms with Crippen LogP contribution in [0.25, 0.3) is 16.5 Å². The molecule has 6 aliphatic rings. The summed E-state index contributed by atoms with van der Waals surface area (Å²) in [6.45, 7) is 8.91. The van der Waals surface area contributed by atoms with E-state index in [1.54, 1.807) is 0 Å². The van der Waals surface area contributed by atoms with Crippen molar-refractivity contribution in [1.29, 1.82) is 0 Å². The number of aliphatic hydroxyl groups is 3. The van der Waals surface area contributed by atoms with E-state index in [1.807, 2.05) is 31.0 Å². The maximum Gasteiger partial charge on any atom is 0.344 e. The van der Waals surface area contributed by atoms with E-state index in [1.165, 1.54) is 19.6 Å². The van der Waals surface area contributed by atoms with Crippen molar-refractivity contribution in [3.05, 3.63) is 82.6 Å². The van der Waals surface area contributed by atoms with Gasteiger partial charge in [0.25, 0.3) is 0 Å². The Kier molecular flexibility index (Phi) is 8.50. The summed E-state index contributed by atoms with van der Waals surface area (Å²) in [6.07, 6.45) is 8.55. The Hall–Kier alpha value is -4.00. The van der Waals surface area contributed by atoms with E-state index in [0.29, 0.717) is 38.8 Å². The van der Waals surface area contributed by atoms with Crippen LogP contribution in [0, 0.1) is 11.3 Å². The highest BCUT2D eigenvalue weighted by molar-refractivity contribution is 5.94. The molecular formula is C44H54N4O7. The van der Waals surface area contributed by atoms with Crippen molar-refractivity contribution >= 4 is 34.1 Å². The van der Waals surface area contributed by atoms with Crippen LogP contribution in [-0.4, -0.2) is 118 Å². The number of esters is 2. The fraction of sp³-hybridized carbons (Fsp3) is 0.545. The van der Waals surface area contributed by atoms with Gasteiger partial charge in [0.1, 0.15) is 0 Å². The highest BCUT2D eigenvalue weighted by Gasteiger charge is 2.80. The number of para-hydroxylation sites is 1.